The van der Waals surface area contributed by atoms with E-state index in [1.807, 2.05) is 0 Å². The monoisotopic (exact) mass is 337 g/mol. The van der Waals surface area contributed by atoms with Crippen molar-refractivity contribution in [3.05, 3.63) is 53.4 Å². The molecule has 0 aliphatic carbocycles. The maximum atomic E-state index is 11.8. The number of esters is 1. The van der Waals surface area contributed by atoms with Gasteiger partial charge in [0.05, 0.1) is 12.8 Å². The van der Waals surface area contributed by atoms with Crippen LogP contribution in [0.3, 0.4) is 0 Å². The van der Waals surface area contributed by atoms with E-state index in [0.29, 0.717) is 16.5 Å². The van der Waals surface area contributed by atoms with Gasteiger partial charge in [0.25, 0.3) is 5.91 Å². The highest BCUT2D eigenvalue weighted by atomic mass is 35.5. The van der Waals surface area contributed by atoms with Gasteiger partial charge in [0.2, 0.25) is 0 Å². The van der Waals surface area contributed by atoms with E-state index in [0.717, 1.165) is 0 Å². The van der Waals surface area contributed by atoms with Crippen molar-refractivity contribution in [1.29, 1.82) is 0 Å². The second-order valence-corrected chi connectivity index (χ2v) is 5.11. The van der Waals surface area contributed by atoms with E-state index in [9.17, 15) is 9.59 Å². The van der Waals surface area contributed by atoms with Crippen LogP contribution in [0.25, 0.3) is 0 Å². The largest absolute Gasteiger partial charge is 0.482 e. The molecule has 23 heavy (non-hydrogen) atoms. The first-order chi connectivity index (χ1) is 11.0. The van der Waals surface area contributed by atoms with Crippen LogP contribution >= 0.6 is 11.6 Å². The molecule has 1 aromatic heterocycles. The number of furan rings is 1. The predicted octanol–water partition coefficient (Wildman–Crippen LogP) is 2.56. The van der Waals surface area contributed by atoms with Gasteiger partial charge in [0, 0.05) is 5.02 Å². The van der Waals surface area contributed by atoms with Crippen molar-refractivity contribution in [3.8, 4) is 5.75 Å². The average Bonchev–Trinajstić information content (AvgIpc) is 3.05. The average molecular weight is 338 g/mol. The SMILES string of the molecule is C[C@@H](OC(=O)COc1ccc(Cl)cc1)C(=O)NCc1ccco1. The van der Waals surface area contributed by atoms with Gasteiger partial charge >= 0.3 is 5.97 Å². The second-order valence-electron chi connectivity index (χ2n) is 4.67. The summed E-state index contributed by atoms with van der Waals surface area (Å²) >= 11 is 5.75. The summed E-state index contributed by atoms with van der Waals surface area (Å²) in [6.45, 7) is 1.42. The number of amides is 1. The molecule has 1 amide bonds. The Bertz CT molecular complexity index is 639. The highest BCUT2D eigenvalue weighted by molar-refractivity contribution is 6.30. The number of carbonyl (C=O) groups excluding carboxylic acids is 2. The molecule has 0 saturated heterocycles. The number of hydrogen-bond donors (Lipinski definition) is 1. The third-order valence-corrected chi connectivity index (χ3v) is 3.12. The Balaban J connectivity index is 1.71. The van der Waals surface area contributed by atoms with Crippen LogP contribution in [0.4, 0.5) is 0 Å². The highest BCUT2D eigenvalue weighted by Crippen LogP contribution is 2.15. The molecule has 0 aliphatic rings. The summed E-state index contributed by atoms with van der Waals surface area (Å²) in [4.78, 5) is 23.5. The maximum absolute atomic E-state index is 11.8. The van der Waals surface area contributed by atoms with Crippen molar-refractivity contribution in [2.75, 3.05) is 6.61 Å². The first-order valence-electron chi connectivity index (χ1n) is 6.92. The van der Waals surface area contributed by atoms with Gasteiger partial charge in [-0.2, -0.15) is 0 Å². The fraction of sp³-hybridized carbons (Fsp3) is 0.250. The van der Waals surface area contributed by atoms with Crippen molar-refractivity contribution < 1.29 is 23.5 Å². The Hall–Kier alpha value is -2.47. The van der Waals surface area contributed by atoms with E-state index < -0.39 is 18.0 Å². The van der Waals surface area contributed by atoms with Crippen LogP contribution in [-0.4, -0.2) is 24.6 Å². The molecule has 7 heteroatoms. The van der Waals surface area contributed by atoms with Crippen LogP contribution in [-0.2, 0) is 20.9 Å². The fourth-order valence-electron chi connectivity index (χ4n) is 1.69. The number of ether oxygens (including phenoxy) is 2. The smallest absolute Gasteiger partial charge is 0.344 e. The summed E-state index contributed by atoms with van der Waals surface area (Å²) in [5.41, 5.74) is 0. The van der Waals surface area contributed by atoms with Gasteiger partial charge in [-0.15, -0.1) is 0 Å². The quantitative estimate of drug-likeness (QED) is 0.786. The van der Waals surface area contributed by atoms with Crippen LogP contribution in [0.15, 0.2) is 47.1 Å². The van der Waals surface area contributed by atoms with Crippen LogP contribution in [0.1, 0.15) is 12.7 Å². The van der Waals surface area contributed by atoms with Crippen molar-refractivity contribution in [3.63, 3.8) is 0 Å². The number of nitrogens with one attached hydrogen (secondary N) is 1. The molecule has 0 unspecified atom stereocenters. The zero-order valence-electron chi connectivity index (χ0n) is 12.5. The molecule has 2 aromatic rings. The molecule has 1 heterocycles. The molecule has 0 radical (unpaired) electrons. The summed E-state index contributed by atoms with van der Waals surface area (Å²) in [7, 11) is 0. The van der Waals surface area contributed by atoms with Gasteiger partial charge in [0.15, 0.2) is 12.7 Å². The summed E-state index contributed by atoms with van der Waals surface area (Å²) in [6.07, 6.45) is 0.588. The standard InChI is InChI=1S/C16H16ClNO5/c1-11(16(20)18-9-14-3-2-8-21-14)23-15(19)10-22-13-6-4-12(17)5-7-13/h2-8,11H,9-10H2,1H3,(H,18,20)/t11-/m1/s1. The minimum absolute atomic E-state index is 0.231. The molecule has 0 spiro atoms. The van der Waals surface area contributed by atoms with E-state index in [4.69, 9.17) is 25.5 Å². The fourth-order valence-corrected chi connectivity index (χ4v) is 1.81. The summed E-state index contributed by atoms with van der Waals surface area (Å²) in [5, 5.41) is 3.18. The summed E-state index contributed by atoms with van der Waals surface area (Å²) in [6, 6.07) is 10.0. The number of halogens is 1. The third-order valence-electron chi connectivity index (χ3n) is 2.86. The molecular weight excluding hydrogens is 322 g/mol. The van der Waals surface area contributed by atoms with Gasteiger partial charge in [-0.1, -0.05) is 11.6 Å². The third kappa shape index (κ3) is 5.67. The number of rotatable bonds is 7. The van der Waals surface area contributed by atoms with Crippen LogP contribution in [0, 0.1) is 0 Å². The lowest BCUT2D eigenvalue weighted by Gasteiger charge is -2.13. The Kier molecular flexibility index (Phi) is 6.05. The molecular formula is C16H16ClNO5. The molecule has 1 aromatic carbocycles. The minimum Gasteiger partial charge on any atom is -0.482 e. The molecule has 0 bridgehead atoms. The zero-order chi connectivity index (χ0) is 16.7. The van der Waals surface area contributed by atoms with Crippen LogP contribution in [0.5, 0.6) is 5.75 Å². The second kappa shape index (κ2) is 8.24. The normalized spacial score (nSPS) is 11.6. The lowest BCUT2D eigenvalue weighted by molar-refractivity contribution is -0.156. The van der Waals surface area contributed by atoms with Crippen molar-refractivity contribution in [2.45, 2.75) is 19.6 Å². The Morgan fingerprint density at radius 1 is 1.26 bits per heavy atom. The molecule has 0 fully saturated rings. The Morgan fingerprint density at radius 2 is 2.00 bits per heavy atom. The van der Waals surface area contributed by atoms with E-state index in [2.05, 4.69) is 5.32 Å². The molecule has 122 valence electrons. The number of benzene rings is 1. The highest BCUT2D eigenvalue weighted by Gasteiger charge is 2.18. The predicted molar refractivity (Wildman–Crippen MR) is 83.1 cm³/mol. The van der Waals surface area contributed by atoms with Crippen LogP contribution < -0.4 is 10.1 Å². The zero-order valence-corrected chi connectivity index (χ0v) is 13.2. The van der Waals surface area contributed by atoms with Crippen molar-refractivity contribution in [1.82, 2.24) is 5.32 Å². The molecule has 2 rings (SSSR count). The van der Waals surface area contributed by atoms with E-state index in [-0.39, 0.29) is 13.2 Å². The van der Waals surface area contributed by atoms with E-state index in [1.54, 1.807) is 36.4 Å². The van der Waals surface area contributed by atoms with E-state index in [1.165, 1.54) is 13.2 Å². The first kappa shape index (κ1) is 16.9. The molecule has 1 N–H and O–H groups in total. The molecule has 0 aliphatic heterocycles. The van der Waals surface area contributed by atoms with Gasteiger partial charge in [-0.05, 0) is 43.3 Å². The minimum atomic E-state index is -0.925. The molecule has 6 nitrogen and oxygen atoms in total. The molecule has 0 saturated carbocycles. The van der Waals surface area contributed by atoms with Crippen molar-refractivity contribution >= 4 is 23.5 Å². The topological polar surface area (TPSA) is 77.8 Å². The lowest BCUT2D eigenvalue weighted by Crippen LogP contribution is -2.36. The summed E-state index contributed by atoms with van der Waals surface area (Å²) < 4.78 is 15.3. The van der Waals surface area contributed by atoms with Crippen molar-refractivity contribution in [2.24, 2.45) is 0 Å². The van der Waals surface area contributed by atoms with Gasteiger partial charge in [0.1, 0.15) is 11.5 Å². The first-order valence-corrected chi connectivity index (χ1v) is 7.30. The van der Waals surface area contributed by atoms with Gasteiger partial charge < -0.3 is 19.2 Å². The van der Waals surface area contributed by atoms with Crippen LogP contribution in [0.2, 0.25) is 5.02 Å². The maximum Gasteiger partial charge on any atom is 0.344 e. The van der Waals surface area contributed by atoms with E-state index >= 15 is 0 Å². The number of hydrogen-bond acceptors (Lipinski definition) is 5. The lowest BCUT2D eigenvalue weighted by atomic mass is 10.3. The summed E-state index contributed by atoms with van der Waals surface area (Å²) in [5.74, 6) is 0.0473. The van der Waals surface area contributed by atoms with Gasteiger partial charge in [-0.25, -0.2) is 4.79 Å². The Morgan fingerprint density at radius 3 is 2.65 bits per heavy atom. The Labute approximate surface area is 138 Å². The molecule has 1 atom stereocenters. The van der Waals surface area contributed by atoms with Gasteiger partial charge in [-0.3, -0.25) is 4.79 Å². The number of carbonyl (C=O) groups is 2.